The zero-order chi connectivity index (χ0) is 21.4. The molecule has 0 radical (unpaired) electrons. The van der Waals surface area contributed by atoms with E-state index in [-0.39, 0.29) is 6.04 Å². The van der Waals surface area contributed by atoms with Crippen LogP contribution in [0.5, 0.6) is 0 Å². The molecule has 0 aliphatic rings. The lowest BCUT2D eigenvalue weighted by Gasteiger charge is -2.37. The third kappa shape index (κ3) is 21.0. The van der Waals surface area contributed by atoms with Crippen molar-refractivity contribution in [2.24, 2.45) is 0 Å². The van der Waals surface area contributed by atoms with Gasteiger partial charge in [-0.15, -0.1) is 0 Å². The highest BCUT2D eigenvalue weighted by Gasteiger charge is 2.10. The summed E-state index contributed by atoms with van der Waals surface area (Å²) in [6.45, 7) is 7.59. The summed E-state index contributed by atoms with van der Waals surface area (Å²) in [7, 11) is 0. The molecule has 0 spiro atoms. The first-order chi connectivity index (χ1) is 14.3. The highest BCUT2D eigenvalue weighted by atomic mass is 16.5. The van der Waals surface area contributed by atoms with Gasteiger partial charge >= 0.3 is 0 Å². The average Bonchev–Trinajstić information content (AvgIpc) is 2.73. The van der Waals surface area contributed by atoms with Gasteiger partial charge in [-0.2, -0.15) is 0 Å². The molecule has 0 saturated carbocycles. The topological polar surface area (TPSA) is 26.3 Å². The minimum atomic E-state index is 0.289. The van der Waals surface area contributed by atoms with Gasteiger partial charge in [0.2, 0.25) is 0 Å². The van der Waals surface area contributed by atoms with E-state index in [0.29, 0.717) is 0 Å². The van der Waals surface area contributed by atoms with Crippen LogP contribution in [0.1, 0.15) is 162 Å². The van der Waals surface area contributed by atoms with Gasteiger partial charge in [0.05, 0.1) is 0 Å². The van der Waals surface area contributed by atoms with Crippen molar-refractivity contribution in [3.8, 4) is 0 Å². The Morgan fingerprint density at radius 3 is 1.14 bits per heavy atom. The molecule has 0 aromatic rings. The Balaban J connectivity index is 3.98. The van der Waals surface area contributed by atoms with Crippen LogP contribution in [0.15, 0.2) is 0 Å². The molecule has 0 saturated heterocycles. The smallest absolute Gasteiger partial charge is 0.00262 e. The Morgan fingerprint density at radius 2 is 0.759 bits per heavy atom. The predicted molar refractivity (Wildman–Crippen MR) is 132 cm³/mol. The first-order valence-corrected chi connectivity index (χ1v) is 13.7. The maximum absolute atomic E-state index is 12.8. The zero-order valence-electron chi connectivity index (χ0n) is 20.7. The van der Waals surface area contributed by atoms with Gasteiger partial charge in [0.1, 0.15) is 0 Å². The largest absolute Gasteiger partial charge is 0.785 e. The van der Waals surface area contributed by atoms with Gasteiger partial charge in [0.15, 0.2) is 0 Å². The highest BCUT2D eigenvalue weighted by Crippen LogP contribution is 2.19. The lowest BCUT2D eigenvalue weighted by molar-refractivity contribution is 0.234. The second-order valence-electron chi connectivity index (χ2n) is 9.38. The van der Waals surface area contributed by atoms with Gasteiger partial charge in [0.25, 0.3) is 0 Å². The van der Waals surface area contributed by atoms with Crippen LogP contribution in [0.25, 0.3) is 0 Å². The second-order valence-corrected chi connectivity index (χ2v) is 9.38. The molecular weight excluding hydrogens is 354 g/mol. The van der Waals surface area contributed by atoms with E-state index < -0.39 is 0 Å². The summed E-state index contributed by atoms with van der Waals surface area (Å²) >= 11 is 0. The van der Waals surface area contributed by atoms with Crippen molar-refractivity contribution >= 4 is 0 Å². The zero-order valence-corrected chi connectivity index (χ0v) is 20.7. The summed E-state index contributed by atoms with van der Waals surface area (Å²) in [6, 6.07) is 0.289. The number of hydrogen-bond acceptors (Lipinski definition) is 2. The average molecular weight is 411 g/mol. The molecule has 0 aromatic carbocycles. The monoisotopic (exact) mass is 410 g/mol. The second kappa shape index (κ2) is 24.2. The van der Waals surface area contributed by atoms with Gasteiger partial charge in [-0.3, -0.25) is 0 Å². The van der Waals surface area contributed by atoms with Gasteiger partial charge < -0.3 is 10.3 Å². The fraction of sp³-hybridized carbons (Fsp3) is 1.00. The Labute approximate surface area is 185 Å². The van der Waals surface area contributed by atoms with E-state index in [9.17, 15) is 5.21 Å². The summed E-state index contributed by atoms with van der Waals surface area (Å²) in [5.41, 5.74) is 0. The summed E-state index contributed by atoms with van der Waals surface area (Å²) in [4.78, 5) is 0. The molecule has 0 heterocycles. The van der Waals surface area contributed by atoms with Crippen LogP contribution >= 0.6 is 0 Å². The van der Waals surface area contributed by atoms with E-state index in [1.54, 1.807) is 0 Å². The van der Waals surface area contributed by atoms with Gasteiger partial charge in [0, 0.05) is 0 Å². The van der Waals surface area contributed by atoms with Crippen molar-refractivity contribution in [2.45, 2.75) is 168 Å². The third-order valence-corrected chi connectivity index (χ3v) is 6.42. The number of hydrogen-bond donors (Lipinski definition) is 0. The van der Waals surface area contributed by atoms with Crippen LogP contribution in [0.4, 0.5) is 0 Å². The normalized spacial score (nSPS) is 11.8. The van der Waals surface area contributed by atoms with Gasteiger partial charge in [-0.25, -0.2) is 0 Å². The highest BCUT2D eigenvalue weighted by molar-refractivity contribution is 4.73. The van der Waals surface area contributed by atoms with Crippen molar-refractivity contribution < 1.29 is 0 Å². The number of hydroxylamine groups is 2. The molecule has 0 N–H and O–H groups in total. The van der Waals surface area contributed by atoms with Crippen molar-refractivity contribution in [1.29, 1.82) is 0 Å². The minimum absolute atomic E-state index is 0.289. The van der Waals surface area contributed by atoms with Crippen LogP contribution in [0.3, 0.4) is 0 Å². The van der Waals surface area contributed by atoms with E-state index in [1.165, 1.54) is 127 Å². The molecule has 2 heteroatoms. The number of nitrogens with zero attached hydrogens (tertiary/aromatic N) is 1. The minimum Gasteiger partial charge on any atom is -0.785 e. The van der Waals surface area contributed by atoms with E-state index >= 15 is 0 Å². The van der Waals surface area contributed by atoms with Crippen molar-refractivity contribution in [3.05, 3.63) is 5.21 Å². The molecule has 0 fully saturated rings. The Bertz CT molecular complexity index is 278. The van der Waals surface area contributed by atoms with Crippen LogP contribution in [-0.2, 0) is 0 Å². The molecule has 2 nitrogen and oxygen atoms in total. The molecule has 0 bridgehead atoms. The van der Waals surface area contributed by atoms with Crippen molar-refractivity contribution in [1.82, 2.24) is 5.06 Å². The molecule has 176 valence electrons. The fourth-order valence-electron chi connectivity index (χ4n) is 4.34. The molecule has 0 atom stereocenters. The molecule has 0 rings (SSSR count). The van der Waals surface area contributed by atoms with Crippen LogP contribution in [0.2, 0.25) is 0 Å². The van der Waals surface area contributed by atoms with Crippen LogP contribution < -0.4 is 0 Å². The van der Waals surface area contributed by atoms with Crippen LogP contribution in [0, 0.1) is 5.21 Å². The molecule has 0 amide bonds. The van der Waals surface area contributed by atoms with Crippen molar-refractivity contribution in [3.63, 3.8) is 0 Å². The Kier molecular flexibility index (Phi) is 24.1. The number of rotatable bonds is 24. The lowest BCUT2D eigenvalue weighted by atomic mass is 9.99. The summed E-state index contributed by atoms with van der Waals surface area (Å²) in [5, 5.41) is 14.2. The SMILES string of the molecule is CCCCCCCCCCN([O-])C(CCCCCCCC)CCCCCCCC. The standard InChI is InChI=1S/C27H56NO/c1-4-7-10-13-16-17-20-23-26-28(29)27(24-21-18-14-11-8-5-2)25-22-19-15-12-9-6-3/h27H,4-26H2,1-3H3/q-1. The predicted octanol–water partition coefficient (Wildman–Crippen LogP) is 9.80. The van der Waals surface area contributed by atoms with Crippen LogP contribution in [-0.4, -0.2) is 17.6 Å². The van der Waals surface area contributed by atoms with Gasteiger partial charge in [-0.05, 0) is 31.8 Å². The van der Waals surface area contributed by atoms with Crippen molar-refractivity contribution in [2.75, 3.05) is 6.54 Å². The first-order valence-electron chi connectivity index (χ1n) is 13.7. The molecule has 29 heavy (non-hydrogen) atoms. The van der Waals surface area contributed by atoms with E-state index in [0.717, 1.165) is 25.8 Å². The Hall–Kier alpha value is -0.0800. The lowest BCUT2D eigenvalue weighted by Crippen LogP contribution is -2.31. The fourth-order valence-corrected chi connectivity index (χ4v) is 4.34. The first kappa shape index (κ1) is 28.9. The summed E-state index contributed by atoms with van der Waals surface area (Å²) in [5.74, 6) is 0. The molecule has 0 aromatic heterocycles. The molecule has 0 aliphatic heterocycles. The molecule has 0 unspecified atom stereocenters. The molecular formula is C27H56NO-. The van der Waals surface area contributed by atoms with E-state index in [2.05, 4.69) is 20.8 Å². The quantitative estimate of drug-likeness (QED) is 0.117. The maximum atomic E-state index is 12.8. The third-order valence-electron chi connectivity index (χ3n) is 6.42. The maximum Gasteiger partial charge on any atom is -0.00262 e. The summed E-state index contributed by atoms with van der Waals surface area (Å²) in [6.07, 6.45) is 28.7. The Morgan fingerprint density at radius 1 is 0.448 bits per heavy atom. The number of unbranched alkanes of at least 4 members (excludes halogenated alkanes) is 17. The van der Waals surface area contributed by atoms with E-state index in [4.69, 9.17) is 0 Å². The molecule has 0 aliphatic carbocycles. The van der Waals surface area contributed by atoms with Gasteiger partial charge in [-0.1, -0.05) is 143 Å². The summed E-state index contributed by atoms with van der Waals surface area (Å²) < 4.78 is 0. The van der Waals surface area contributed by atoms with E-state index in [1.807, 2.05) is 0 Å².